The first kappa shape index (κ1) is 24.3. The molecular formula is C26H26N4O4S. The third-order valence-electron chi connectivity index (χ3n) is 5.26. The van der Waals surface area contributed by atoms with Crippen molar-refractivity contribution in [2.75, 3.05) is 13.2 Å². The molecule has 180 valence electrons. The summed E-state index contributed by atoms with van der Waals surface area (Å²) in [6, 6.07) is 24.9. The lowest BCUT2D eigenvalue weighted by Crippen LogP contribution is -2.11. The van der Waals surface area contributed by atoms with Crippen molar-refractivity contribution in [2.24, 2.45) is 0 Å². The lowest BCUT2D eigenvalue weighted by atomic mass is 10.1. The van der Waals surface area contributed by atoms with E-state index in [0.29, 0.717) is 29.9 Å². The van der Waals surface area contributed by atoms with Crippen LogP contribution in [-0.4, -0.2) is 32.8 Å². The van der Waals surface area contributed by atoms with Crippen molar-refractivity contribution >= 4 is 11.8 Å². The topological polar surface area (TPSA) is 92.3 Å². The zero-order valence-corrected chi connectivity index (χ0v) is 20.4. The normalized spacial score (nSPS) is 11.7. The van der Waals surface area contributed by atoms with Gasteiger partial charge in [0, 0.05) is 10.6 Å². The summed E-state index contributed by atoms with van der Waals surface area (Å²) in [6.07, 6.45) is 0. The molecule has 0 bridgehead atoms. The van der Waals surface area contributed by atoms with E-state index in [-0.39, 0.29) is 11.5 Å². The molecule has 1 aromatic heterocycles. The molecule has 4 rings (SSSR count). The molecule has 4 aromatic rings. The Morgan fingerprint density at radius 2 is 1.60 bits per heavy atom. The molecule has 8 nitrogen and oxygen atoms in total. The van der Waals surface area contributed by atoms with E-state index in [2.05, 4.69) is 10.2 Å². The molecule has 0 saturated heterocycles. The SMILES string of the molecule is CCOc1ccc(-n2c(C)nnc2S[C@H](C[N+](=O)[O-])c2ccc(OCc3ccccc3)cc2)cc1. The fourth-order valence-electron chi connectivity index (χ4n) is 3.57. The number of rotatable bonds is 11. The number of hydrogen-bond donors (Lipinski definition) is 0. The summed E-state index contributed by atoms with van der Waals surface area (Å²) in [5.41, 5.74) is 2.75. The number of hydrogen-bond acceptors (Lipinski definition) is 7. The molecular weight excluding hydrogens is 464 g/mol. The van der Waals surface area contributed by atoms with Crippen LogP contribution in [0.5, 0.6) is 11.5 Å². The average Bonchev–Trinajstić information content (AvgIpc) is 3.23. The average molecular weight is 491 g/mol. The largest absolute Gasteiger partial charge is 0.494 e. The summed E-state index contributed by atoms with van der Waals surface area (Å²) in [5.74, 6) is 2.18. The van der Waals surface area contributed by atoms with Crippen molar-refractivity contribution in [1.29, 1.82) is 0 Å². The van der Waals surface area contributed by atoms with Gasteiger partial charge in [-0.05, 0) is 61.4 Å². The molecule has 3 aromatic carbocycles. The maximum absolute atomic E-state index is 11.5. The highest BCUT2D eigenvalue weighted by Gasteiger charge is 2.24. The van der Waals surface area contributed by atoms with Gasteiger partial charge in [-0.1, -0.05) is 54.2 Å². The lowest BCUT2D eigenvalue weighted by Gasteiger charge is -2.15. The minimum absolute atomic E-state index is 0.246. The van der Waals surface area contributed by atoms with Crippen LogP contribution in [0.3, 0.4) is 0 Å². The number of nitro groups is 1. The number of aryl methyl sites for hydroxylation is 1. The zero-order valence-electron chi connectivity index (χ0n) is 19.5. The Bertz CT molecular complexity index is 1240. The van der Waals surface area contributed by atoms with Crippen LogP contribution in [0.25, 0.3) is 5.69 Å². The van der Waals surface area contributed by atoms with Crippen molar-refractivity contribution in [2.45, 2.75) is 30.9 Å². The summed E-state index contributed by atoms with van der Waals surface area (Å²) in [7, 11) is 0. The Morgan fingerprint density at radius 3 is 2.26 bits per heavy atom. The van der Waals surface area contributed by atoms with Gasteiger partial charge in [-0.3, -0.25) is 14.7 Å². The van der Waals surface area contributed by atoms with Gasteiger partial charge in [0.15, 0.2) is 5.16 Å². The van der Waals surface area contributed by atoms with Crippen LogP contribution in [0.4, 0.5) is 0 Å². The van der Waals surface area contributed by atoms with Gasteiger partial charge in [0.05, 0.1) is 6.61 Å². The molecule has 9 heteroatoms. The first-order valence-electron chi connectivity index (χ1n) is 11.2. The van der Waals surface area contributed by atoms with Crippen molar-refractivity contribution in [3.05, 3.63) is 106 Å². The molecule has 0 saturated carbocycles. The second-order valence-electron chi connectivity index (χ2n) is 7.76. The predicted molar refractivity (Wildman–Crippen MR) is 135 cm³/mol. The highest BCUT2D eigenvalue weighted by Crippen LogP contribution is 2.36. The lowest BCUT2D eigenvalue weighted by molar-refractivity contribution is -0.479. The third kappa shape index (κ3) is 6.39. The molecule has 35 heavy (non-hydrogen) atoms. The van der Waals surface area contributed by atoms with Crippen LogP contribution in [0.15, 0.2) is 84.0 Å². The fourth-order valence-corrected chi connectivity index (χ4v) is 4.74. The van der Waals surface area contributed by atoms with E-state index in [4.69, 9.17) is 9.47 Å². The van der Waals surface area contributed by atoms with E-state index in [0.717, 1.165) is 22.6 Å². The Labute approximate surface area is 208 Å². The monoisotopic (exact) mass is 490 g/mol. The molecule has 0 aliphatic rings. The van der Waals surface area contributed by atoms with Crippen molar-refractivity contribution in [1.82, 2.24) is 14.8 Å². The minimum Gasteiger partial charge on any atom is -0.494 e. The number of benzene rings is 3. The molecule has 0 aliphatic carbocycles. The van der Waals surface area contributed by atoms with E-state index in [1.54, 1.807) is 0 Å². The molecule has 0 fully saturated rings. The second kappa shape index (κ2) is 11.5. The van der Waals surface area contributed by atoms with Gasteiger partial charge in [0.1, 0.15) is 29.2 Å². The number of ether oxygens (including phenoxy) is 2. The highest BCUT2D eigenvalue weighted by molar-refractivity contribution is 7.99. The molecule has 0 unspecified atom stereocenters. The summed E-state index contributed by atoms with van der Waals surface area (Å²) < 4.78 is 13.3. The van der Waals surface area contributed by atoms with Crippen molar-refractivity contribution in [3.8, 4) is 17.2 Å². The van der Waals surface area contributed by atoms with Crippen LogP contribution in [0, 0.1) is 17.0 Å². The van der Waals surface area contributed by atoms with Gasteiger partial charge >= 0.3 is 0 Å². The molecule has 0 aliphatic heterocycles. The van der Waals surface area contributed by atoms with Crippen LogP contribution in [0.1, 0.15) is 29.1 Å². The molecule has 0 spiro atoms. The standard InChI is InChI=1S/C26H26N4O4S/c1-3-33-23-15-11-22(12-16-23)30-19(2)27-28-26(30)35-25(17-29(31)32)21-9-13-24(14-10-21)34-18-20-7-5-4-6-8-20/h4-16,25H,3,17-18H2,1-2H3/t25-/m1/s1. The smallest absolute Gasteiger partial charge is 0.220 e. The summed E-state index contributed by atoms with van der Waals surface area (Å²) in [4.78, 5) is 11.2. The summed E-state index contributed by atoms with van der Waals surface area (Å²) >= 11 is 1.32. The molecule has 0 radical (unpaired) electrons. The first-order chi connectivity index (χ1) is 17.0. The summed E-state index contributed by atoms with van der Waals surface area (Å²) in [6.45, 7) is 4.59. The van der Waals surface area contributed by atoms with Crippen LogP contribution < -0.4 is 9.47 Å². The van der Waals surface area contributed by atoms with Gasteiger partial charge in [0.25, 0.3) is 0 Å². The van der Waals surface area contributed by atoms with Crippen LogP contribution in [-0.2, 0) is 6.61 Å². The van der Waals surface area contributed by atoms with E-state index >= 15 is 0 Å². The number of nitrogens with zero attached hydrogens (tertiary/aromatic N) is 4. The minimum atomic E-state index is -0.446. The molecule has 1 atom stereocenters. The van der Waals surface area contributed by atoms with Gasteiger partial charge in [-0.15, -0.1) is 10.2 Å². The van der Waals surface area contributed by atoms with Crippen molar-refractivity contribution < 1.29 is 14.4 Å². The number of thioether (sulfide) groups is 1. The predicted octanol–water partition coefficient (Wildman–Crippen LogP) is 5.66. The Hall–Kier alpha value is -3.85. The second-order valence-corrected chi connectivity index (χ2v) is 8.93. The molecule has 1 heterocycles. The Kier molecular flexibility index (Phi) is 7.99. The zero-order chi connectivity index (χ0) is 24.6. The Morgan fingerprint density at radius 1 is 0.943 bits per heavy atom. The quantitative estimate of drug-likeness (QED) is 0.152. The summed E-state index contributed by atoms with van der Waals surface area (Å²) in [5, 5.41) is 20.1. The number of aromatic nitrogens is 3. The maximum Gasteiger partial charge on any atom is 0.220 e. The van der Waals surface area contributed by atoms with Crippen LogP contribution >= 0.6 is 11.8 Å². The van der Waals surface area contributed by atoms with E-state index in [1.165, 1.54) is 11.8 Å². The maximum atomic E-state index is 11.5. The molecule has 0 N–H and O–H groups in total. The third-order valence-corrected chi connectivity index (χ3v) is 6.44. The van der Waals surface area contributed by atoms with E-state index in [1.807, 2.05) is 97.3 Å². The Balaban J connectivity index is 1.52. The van der Waals surface area contributed by atoms with Crippen molar-refractivity contribution in [3.63, 3.8) is 0 Å². The molecule has 0 amide bonds. The van der Waals surface area contributed by atoms with Gasteiger partial charge in [-0.2, -0.15) is 0 Å². The van der Waals surface area contributed by atoms with Gasteiger partial charge < -0.3 is 9.47 Å². The van der Waals surface area contributed by atoms with E-state index < -0.39 is 5.25 Å². The fraction of sp³-hybridized carbons (Fsp3) is 0.231. The van der Waals surface area contributed by atoms with Crippen LogP contribution in [0.2, 0.25) is 0 Å². The van der Waals surface area contributed by atoms with E-state index in [9.17, 15) is 10.1 Å². The first-order valence-corrected chi connectivity index (χ1v) is 12.1. The van der Waals surface area contributed by atoms with Gasteiger partial charge in [0.2, 0.25) is 6.54 Å². The van der Waals surface area contributed by atoms with Gasteiger partial charge in [-0.25, -0.2) is 0 Å². The highest BCUT2D eigenvalue weighted by atomic mass is 32.2.